The molecule has 0 saturated heterocycles. The molecule has 33 heavy (non-hydrogen) atoms. The molecule has 3 rings (SSSR count). The summed E-state index contributed by atoms with van der Waals surface area (Å²) < 4.78 is 6.82. The molecule has 0 fully saturated rings. The number of thioether (sulfide) groups is 1. The molecular weight excluding hydrogens is 468 g/mol. The number of nitro groups is 1. The van der Waals surface area contributed by atoms with E-state index in [9.17, 15) is 19.7 Å². The van der Waals surface area contributed by atoms with Gasteiger partial charge in [0.2, 0.25) is 5.91 Å². The number of fused-ring (bicyclic) bond motifs is 1. The first-order valence-corrected chi connectivity index (χ1v) is 11.6. The number of nitro benzene ring substituents is 1. The van der Waals surface area contributed by atoms with Gasteiger partial charge in [0.1, 0.15) is 11.4 Å². The highest BCUT2D eigenvalue weighted by Crippen LogP contribution is 2.29. The molecule has 0 bridgehead atoms. The number of rotatable bonds is 9. The van der Waals surface area contributed by atoms with Crippen LogP contribution in [0.2, 0.25) is 5.02 Å². The van der Waals surface area contributed by atoms with Crippen molar-refractivity contribution in [1.82, 2.24) is 9.55 Å². The van der Waals surface area contributed by atoms with Gasteiger partial charge in [0.25, 0.3) is 11.2 Å². The van der Waals surface area contributed by atoms with Gasteiger partial charge in [-0.3, -0.25) is 24.3 Å². The summed E-state index contributed by atoms with van der Waals surface area (Å²) in [5.74, 6) is -0.0436. The van der Waals surface area contributed by atoms with Crippen molar-refractivity contribution in [1.29, 1.82) is 0 Å². The summed E-state index contributed by atoms with van der Waals surface area (Å²) >= 11 is 7.13. The molecule has 0 aliphatic carbocycles. The van der Waals surface area contributed by atoms with Gasteiger partial charge in [-0.15, -0.1) is 0 Å². The fourth-order valence-corrected chi connectivity index (χ4v) is 4.13. The quantitative estimate of drug-likeness (QED) is 0.199. The molecule has 11 heteroatoms. The van der Waals surface area contributed by atoms with Gasteiger partial charge in [0.15, 0.2) is 5.16 Å². The summed E-state index contributed by atoms with van der Waals surface area (Å²) in [6.07, 6.45) is 0. The van der Waals surface area contributed by atoms with Crippen molar-refractivity contribution in [2.24, 2.45) is 5.92 Å². The third-order valence-corrected chi connectivity index (χ3v) is 5.72. The molecule has 1 aromatic heterocycles. The number of benzene rings is 2. The largest absolute Gasteiger partial charge is 0.494 e. The number of halogens is 1. The second-order valence-electron chi connectivity index (χ2n) is 7.57. The average molecular weight is 491 g/mol. The number of hydrogen-bond acceptors (Lipinski definition) is 7. The molecule has 0 aliphatic rings. The Bertz CT molecular complexity index is 1260. The maximum atomic E-state index is 13.0. The molecule has 0 saturated carbocycles. The van der Waals surface area contributed by atoms with Crippen LogP contribution in [0, 0.1) is 16.0 Å². The molecule has 1 heterocycles. The molecular formula is C22H23ClN4O5S. The summed E-state index contributed by atoms with van der Waals surface area (Å²) in [7, 11) is 0. The molecule has 2 aromatic carbocycles. The van der Waals surface area contributed by atoms with Crippen LogP contribution >= 0.6 is 23.4 Å². The number of anilines is 1. The smallest absolute Gasteiger partial charge is 0.296 e. The number of ether oxygens (including phenoxy) is 1. The summed E-state index contributed by atoms with van der Waals surface area (Å²) in [5.41, 5.74) is 0.0437. The molecule has 0 radical (unpaired) electrons. The molecule has 3 aromatic rings. The van der Waals surface area contributed by atoms with E-state index in [4.69, 9.17) is 16.3 Å². The van der Waals surface area contributed by atoms with E-state index in [-0.39, 0.29) is 28.6 Å². The van der Waals surface area contributed by atoms with Crippen molar-refractivity contribution in [3.05, 3.63) is 61.9 Å². The molecule has 174 valence electrons. The Labute approximate surface area is 199 Å². The Morgan fingerprint density at radius 3 is 2.73 bits per heavy atom. The number of nitrogens with one attached hydrogen (secondary N) is 1. The van der Waals surface area contributed by atoms with E-state index in [1.165, 1.54) is 16.7 Å². The number of carbonyl (C=O) groups excluding carboxylic acids is 1. The minimum absolute atomic E-state index is 0.0646. The first kappa shape index (κ1) is 24.5. The van der Waals surface area contributed by atoms with Crippen molar-refractivity contribution >= 4 is 51.5 Å². The first-order valence-electron chi connectivity index (χ1n) is 10.2. The van der Waals surface area contributed by atoms with Crippen LogP contribution in [0.3, 0.4) is 0 Å². The maximum absolute atomic E-state index is 13.0. The summed E-state index contributed by atoms with van der Waals surface area (Å²) in [5, 5.41) is 15.2. The topological polar surface area (TPSA) is 116 Å². The molecule has 9 nitrogen and oxygen atoms in total. The Hall–Kier alpha value is -3.11. The maximum Gasteiger partial charge on any atom is 0.296 e. The van der Waals surface area contributed by atoms with Crippen LogP contribution in [0.1, 0.15) is 20.8 Å². The lowest BCUT2D eigenvalue weighted by Gasteiger charge is -2.15. The second kappa shape index (κ2) is 10.7. The SMILES string of the molecule is CCOc1ccc(NC(=O)CSc2nc3ccc(Cl)cc3c(=O)n2CC(C)C)c([N+](=O)[O-])c1. The predicted molar refractivity (Wildman–Crippen MR) is 129 cm³/mol. The fourth-order valence-electron chi connectivity index (χ4n) is 3.15. The van der Waals surface area contributed by atoms with Crippen molar-refractivity contribution in [3.8, 4) is 5.75 Å². The third kappa shape index (κ3) is 6.02. The zero-order valence-corrected chi connectivity index (χ0v) is 19.9. The molecule has 1 amide bonds. The van der Waals surface area contributed by atoms with Gasteiger partial charge in [-0.1, -0.05) is 37.2 Å². The van der Waals surface area contributed by atoms with E-state index in [1.807, 2.05) is 13.8 Å². The molecule has 1 N–H and O–H groups in total. The summed E-state index contributed by atoms with van der Waals surface area (Å²) in [4.78, 5) is 41.0. The lowest BCUT2D eigenvalue weighted by Crippen LogP contribution is -2.26. The van der Waals surface area contributed by atoms with E-state index in [2.05, 4.69) is 10.3 Å². The van der Waals surface area contributed by atoms with E-state index in [0.29, 0.717) is 40.0 Å². The molecule has 0 aliphatic heterocycles. The zero-order valence-electron chi connectivity index (χ0n) is 18.3. The summed E-state index contributed by atoms with van der Waals surface area (Å²) in [6.45, 7) is 6.50. The minimum Gasteiger partial charge on any atom is -0.494 e. The van der Waals surface area contributed by atoms with Crippen LogP contribution in [0.4, 0.5) is 11.4 Å². The Kier molecular flexibility index (Phi) is 7.93. The van der Waals surface area contributed by atoms with Crippen molar-refractivity contribution < 1.29 is 14.5 Å². The highest BCUT2D eigenvalue weighted by atomic mass is 35.5. The van der Waals surface area contributed by atoms with Crippen molar-refractivity contribution in [2.75, 3.05) is 17.7 Å². The standard InChI is InChI=1S/C22H23ClN4O5S/c1-4-32-15-6-8-18(19(10-15)27(30)31)24-20(28)12-33-22-25-17-7-5-14(23)9-16(17)21(29)26(22)11-13(2)3/h5-10,13H,4,11-12H2,1-3H3,(H,24,28). The number of amides is 1. The predicted octanol–water partition coefficient (Wildman–Crippen LogP) is 4.74. The van der Waals surface area contributed by atoms with Crippen LogP contribution in [0.15, 0.2) is 46.3 Å². The summed E-state index contributed by atoms with van der Waals surface area (Å²) in [6, 6.07) is 9.13. The lowest BCUT2D eigenvalue weighted by atomic mass is 10.2. The van der Waals surface area contributed by atoms with Crippen LogP contribution in [-0.4, -0.2) is 32.7 Å². The number of hydrogen-bond donors (Lipinski definition) is 1. The zero-order chi connectivity index (χ0) is 24.1. The number of carbonyl (C=O) groups is 1. The third-order valence-electron chi connectivity index (χ3n) is 4.51. The first-order chi connectivity index (χ1) is 15.7. The number of aromatic nitrogens is 2. The van der Waals surface area contributed by atoms with Gasteiger partial charge < -0.3 is 10.1 Å². The van der Waals surface area contributed by atoms with Gasteiger partial charge in [-0.2, -0.15) is 0 Å². The fraction of sp³-hybridized carbons (Fsp3) is 0.318. The van der Waals surface area contributed by atoms with Crippen LogP contribution in [-0.2, 0) is 11.3 Å². The number of nitrogens with zero attached hydrogens (tertiary/aromatic N) is 3. The minimum atomic E-state index is -0.582. The normalized spacial score (nSPS) is 11.1. The van der Waals surface area contributed by atoms with Gasteiger partial charge in [0, 0.05) is 11.6 Å². The van der Waals surface area contributed by atoms with Crippen LogP contribution in [0.25, 0.3) is 10.9 Å². The van der Waals surface area contributed by atoms with Gasteiger partial charge in [-0.05, 0) is 43.2 Å². The van der Waals surface area contributed by atoms with Crippen molar-refractivity contribution in [3.63, 3.8) is 0 Å². The van der Waals surface area contributed by atoms with Gasteiger partial charge in [-0.25, -0.2) is 4.98 Å². The van der Waals surface area contributed by atoms with Gasteiger partial charge >= 0.3 is 0 Å². The van der Waals surface area contributed by atoms with E-state index in [0.717, 1.165) is 11.8 Å². The monoisotopic (exact) mass is 490 g/mol. The average Bonchev–Trinajstić information content (AvgIpc) is 2.76. The highest BCUT2D eigenvalue weighted by Gasteiger charge is 2.19. The van der Waals surface area contributed by atoms with Crippen molar-refractivity contribution in [2.45, 2.75) is 32.5 Å². The second-order valence-corrected chi connectivity index (χ2v) is 8.95. The highest BCUT2D eigenvalue weighted by molar-refractivity contribution is 7.99. The van der Waals surface area contributed by atoms with Gasteiger partial charge in [0.05, 0.1) is 34.3 Å². The lowest BCUT2D eigenvalue weighted by molar-refractivity contribution is -0.384. The Morgan fingerprint density at radius 2 is 2.06 bits per heavy atom. The van der Waals surface area contributed by atoms with E-state index in [1.54, 1.807) is 31.2 Å². The Balaban J connectivity index is 1.84. The van der Waals surface area contributed by atoms with Crippen LogP contribution in [0.5, 0.6) is 5.75 Å². The molecule has 0 spiro atoms. The van der Waals surface area contributed by atoms with E-state index >= 15 is 0 Å². The molecule has 0 unspecified atom stereocenters. The molecule has 0 atom stereocenters. The van der Waals surface area contributed by atoms with E-state index < -0.39 is 10.8 Å². The van der Waals surface area contributed by atoms with Crippen LogP contribution < -0.4 is 15.6 Å². The Morgan fingerprint density at radius 1 is 1.30 bits per heavy atom.